The van der Waals surface area contributed by atoms with Crippen LogP contribution in [0.3, 0.4) is 0 Å². The highest BCUT2D eigenvalue weighted by molar-refractivity contribution is 9.10. The first-order valence-corrected chi connectivity index (χ1v) is 9.69. The van der Waals surface area contributed by atoms with Gasteiger partial charge in [-0.2, -0.15) is 0 Å². The summed E-state index contributed by atoms with van der Waals surface area (Å²) < 4.78 is 0.959. The normalized spacial score (nSPS) is 11.9. The third-order valence-corrected chi connectivity index (χ3v) is 5.08. The van der Waals surface area contributed by atoms with Crippen molar-refractivity contribution in [3.8, 4) is 0 Å². The van der Waals surface area contributed by atoms with E-state index in [1.54, 1.807) is 15.9 Å². The molecule has 1 unspecified atom stereocenters. The minimum Gasteiger partial charge on any atom is -0.343 e. The first-order chi connectivity index (χ1) is 11.9. The van der Waals surface area contributed by atoms with E-state index in [1.165, 1.54) is 0 Å². The van der Waals surface area contributed by atoms with Crippen molar-refractivity contribution in [3.05, 3.63) is 47.0 Å². The van der Waals surface area contributed by atoms with Crippen molar-refractivity contribution in [1.82, 2.24) is 9.80 Å². The number of hydrogen-bond donors (Lipinski definition) is 0. The molecule has 0 spiro atoms. The smallest absolute Gasteiger partial charge is 0.236 e. The summed E-state index contributed by atoms with van der Waals surface area (Å²) in [6.07, 6.45) is 1.72. The average Bonchev–Trinajstić information content (AvgIpc) is 2.62. The van der Waals surface area contributed by atoms with E-state index in [0.717, 1.165) is 10.0 Å². The fraction of sp³-hybridized carbons (Fsp3) is 0.500. The molecule has 1 atom stereocenters. The molecule has 0 bridgehead atoms. The number of nitrogens with zero attached hydrogens (tertiary/aromatic N) is 2. The molecule has 0 heterocycles. The molecule has 0 aromatic heterocycles. The maximum atomic E-state index is 13.1. The Kier molecular flexibility index (Phi) is 8.90. The third-order valence-electron chi connectivity index (χ3n) is 4.55. The Hall–Kier alpha value is -1.62. The molecule has 0 saturated heterocycles. The van der Waals surface area contributed by atoms with E-state index in [-0.39, 0.29) is 17.7 Å². The Morgan fingerprint density at radius 1 is 0.960 bits per heavy atom. The first-order valence-electron chi connectivity index (χ1n) is 8.90. The standard InChI is InChI=1S/C20H29BrN2O2/c1-6-17(15-11-13-16(21)14-12-15)18(19(24)22(7-2)8-3)20(25)23(9-4)10-5/h6,11-14,17-18H,1,7-10H2,2-5H3. The van der Waals surface area contributed by atoms with Gasteiger partial charge in [0.05, 0.1) is 0 Å². The monoisotopic (exact) mass is 408 g/mol. The summed E-state index contributed by atoms with van der Waals surface area (Å²) in [7, 11) is 0. The second-order valence-electron chi connectivity index (χ2n) is 5.81. The van der Waals surface area contributed by atoms with Crippen LogP contribution >= 0.6 is 15.9 Å². The number of halogens is 1. The van der Waals surface area contributed by atoms with E-state index < -0.39 is 5.92 Å². The molecule has 1 rings (SSSR count). The Balaban J connectivity index is 3.36. The molecule has 0 aliphatic rings. The van der Waals surface area contributed by atoms with E-state index in [9.17, 15) is 9.59 Å². The Bertz CT molecular complexity index is 554. The quantitative estimate of drug-likeness (QED) is 0.456. The first kappa shape index (κ1) is 21.4. The van der Waals surface area contributed by atoms with Crippen LogP contribution < -0.4 is 0 Å². The molecule has 4 nitrogen and oxygen atoms in total. The zero-order valence-electron chi connectivity index (χ0n) is 15.7. The van der Waals surface area contributed by atoms with Gasteiger partial charge in [0.1, 0.15) is 5.92 Å². The van der Waals surface area contributed by atoms with Crippen LogP contribution in [0.1, 0.15) is 39.2 Å². The minimum atomic E-state index is -0.779. The molecule has 0 N–H and O–H groups in total. The van der Waals surface area contributed by atoms with Gasteiger partial charge in [-0.05, 0) is 45.4 Å². The van der Waals surface area contributed by atoms with Crippen LogP contribution in [0.25, 0.3) is 0 Å². The van der Waals surface area contributed by atoms with Gasteiger partial charge in [-0.15, -0.1) is 6.58 Å². The summed E-state index contributed by atoms with van der Waals surface area (Å²) in [4.78, 5) is 29.7. The Morgan fingerprint density at radius 3 is 1.68 bits per heavy atom. The molecule has 138 valence electrons. The minimum absolute atomic E-state index is 0.130. The zero-order valence-corrected chi connectivity index (χ0v) is 17.3. The average molecular weight is 409 g/mol. The van der Waals surface area contributed by atoms with Gasteiger partial charge in [-0.3, -0.25) is 9.59 Å². The highest BCUT2D eigenvalue weighted by Gasteiger charge is 2.38. The van der Waals surface area contributed by atoms with Gasteiger partial charge in [-0.1, -0.05) is 34.1 Å². The molecule has 5 heteroatoms. The van der Waals surface area contributed by atoms with Crippen LogP contribution in [-0.4, -0.2) is 47.8 Å². The molecule has 25 heavy (non-hydrogen) atoms. The SMILES string of the molecule is C=CC(c1ccc(Br)cc1)C(C(=O)N(CC)CC)C(=O)N(CC)CC. The summed E-state index contributed by atoms with van der Waals surface area (Å²) in [5, 5.41) is 0. The molecule has 0 fully saturated rings. The second-order valence-corrected chi connectivity index (χ2v) is 6.73. The number of benzene rings is 1. The Labute approximate surface area is 160 Å². The largest absolute Gasteiger partial charge is 0.343 e. The molecular formula is C20H29BrN2O2. The Morgan fingerprint density at radius 2 is 1.36 bits per heavy atom. The van der Waals surface area contributed by atoms with Crippen LogP contribution in [0.2, 0.25) is 0 Å². The van der Waals surface area contributed by atoms with Crippen LogP contribution in [-0.2, 0) is 9.59 Å². The molecule has 0 aliphatic carbocycles. The van der Waals surface area contributed by atoms with Gasteiger partial charge in [0.25, 0.3) is 0 Å². The van der Waals surface area contributed by atoms with Crippen LogP contribution in [0.5, 0.6) is 0 Å². The highest BCUT2D eigenvalue weighted by Crippen LogP contribution is 2.30. The van der Waals surface area contributed by atoms with Crippen LogP contribution in [0, 0.1) is 5.92 Å². The summed E-state index contributed by atoms with van der Waals surface area (Å²) in [6.45, 7) is 14.0. The second kappa shape index (κ2) is 10.4. The third kappa shape index (κ3) is 5.18. The lowest BCUT2D eigenvalue weighted by molar-refractivity contribution is -0.147. The summed E-state index contributed by atoms with van der Waals surface area (Å²) in [5.41, 5.74) is 0.921. The molecule has 1 aromatic carbocycles. The molecule has 0 radical (unpaired) electrons. The number of amides is 2. The predicted octanol–water partition coefficient (Wildman–Crippen LogP) is 4.07. The van der Waals surface area contributed by atoms with Gasteiger partial charge in [0.15, 0.2) is 0 Å². The van der Waals surface area contributed by atoms with Crippen molar-refractivity contribution in [2.75, 3.05) is 26.2 Å². The zero-order chi connectivity index (χ0) is 19.0. The number of carbonyl (C=O) groups excluding carboxylic acids is 2. The lowest BCUT2D eigenvalue weighted by Gasteiger charge is -2.32. The van der Waals surface area contributed by atoms with Gasteiger partial charge >= 0.3 is 0 Å². The maximum absolute atomic E-state index is 13.1. The molecule has 0 saturated carbocycles. The van der Waals surface area contributed by atoms with E-state index in [4.69, 9.17) is 0 Å². The van der Waals surface area contributed by atoms with Crippen molar-refractivity contribution < 1.29 is 9.59 Å². The molecule has 2 amide bonds. The lowest BCUT2D eigenvalue weighted by Crippen LogP contribution is -2.47. The van der Waals surface area contributed by atoms with Crippen molar-refractivity contribution in [2.24, 2.45) is 5.92 Å². The van der Waals surface area contributed by atoms with Crippen molar-refractivity contribution in [1.29, 1.82) is 0 Å². The summed E-state index contributed by atoms with van der Waals surface area (Å²) in [5.74, 6) is -1.39. The maximum Gasteiger partial charge on any atom is 0.236 e. The topological polar surface area (TPSA) is 40.6 Å². The predicted molar refractivity (Wildman–Crippen MR) is 106 cm³/mol. The number of hydrogen-bond acceptors (Lipinski definition) is 2. The van der Waals surface area contributed by atoms with Crippen molar-refractivity contribution in [2.45, 2.75) is 33.6 Å². The van der Waals surface area contributed by atoms with E-state index in [0.29, 0.717) is 26.2 Å². The fourth-order valence-electron chi connectivity index (χ4n) is 3.03. The van der Waals surface area contributed by atoms with Crippen molar-refractivity contribution in [3.63, 3.8) is 0 Å². The number of carbonyl (C=O) groups is 2. The van der Waals surface area contributed by atoms with Gasteiger partial charge in [0, 0.05) is 36.6 Å². The van der Waals surface area contributed by atoms with Crippen LogP contribution in [0.4, 0.5) is 0 Å². The summed E-state index contributed by atoms with van der Waals surface area (Å²) >= 11 is 3.43. The van der Waals surface area contributed by atoms with E-state index in [2.05, 4.69) is 22.5 Å². The molecule has 0 aliphatic heterocycles. The van der Waals surface area contributed by atoms with Gasteiger partial charge in [-0.25, -0.2) is 0 Å². The van der Waals surface area contributed by atoms with E-state index in [1.807, 2.05) is 52.0 Å². The molecule has 1 aromatic rings. The van der Waals surface area contributed by atoms with Gasteiger partial charge < -0.3 is 9.80 Å². The van der Waals surface area contributed by atoms with Crippen LogP contribution in [0.15, 0.2) is 41.4 Å². The van der Waals surface area contributed by atoms with E-state index >= 15 is 0 Å². The number of allylic oxidation sites excluding steroid dienone is 1. The van der Waals surface area contributed by atoms with Crippen molar-refractivity contribution >= 4 is 27.7 Å². The fourth-order valence-corrected chi connectivity index (χ4v) is 3.29. The summed E-state index contributed by atoms with van der Waals surface area (Å²) in [6, 6.07) is 7.72. The molecular weight excluding hydrogens is 380 g/mol. The lowest BCUT2D eigenvalue weighted by atomic mass is 9.83. The van der Waals surface area contributed by atoms with Gasteiger partial charge in [0.2, 0.25) is 11.8 Å². The number of rotatable bonds is 9. The highest BCUT2D eigenvalue weighted by atomic mass is 79.9.